The molecule has 0 aliphatic rings. The van der Waals surface area contributed by atoms with Crippen LogP contribution in [0.5, 0.6) is 0 Å². The fourth-order valence-electron chi connectivity index (χ4n) is 1.71. The summed E-state index contributed by atoms with van der Waals surface area (Å²) in [6.07, 6.45) is 0.787. The van der Waals surface area contributed by atoms with Crippen molar-refractivity contribution in [1.29, 1.82) is 0 Å². The molecule has 1 aromatic rings. The molecular formula is C16H22ClN. The molecule has 0 fully saturated rings. The Hall–Kier alpha value is -0.970. The van der Waals surface area contributed by atoms with Gasteiger partial charge in [-0.1, -0.05) is 42.6 Å². The van der Waals surface area contributed by atoms with Crippen molar-refractivity contribution in [2.24, 2.45) is 5.41 Å². The SMILES string of the molecule is CCNC(CC#CC(C)(C)C)c1ccccc1Cl. The van der Waals surface area contributed by atoms with E-state index in [0.29, 0.717) is 0 Å². The van der Waals surface area contributed by atoms with Crippen LogP contribution in [0, 0.1) is 17.3 Å². The van der Waals surface area contributed by atoms with Gasteiger partial charge in [0.1, 0.15) is 0 Å². The fourth-order valence-corrected chi connectivity index (χ4v) is 1.98. The molecule has 1 unspecified atom stereocenters. The first-order valence-corrected chi connectivity index (χ1v) is 6.79. The van der Waals surface area contributed by atoms with E-state index in [1.165, 1.54) is 0 Å². The Balaban J connectivity index is 2.83. The Labute approximate surface area is 116 Å². The first-order chi connectivity index (χ1) is 8.44. The molecule has 0 aliphatic heterocycles. The maximum Gasteiger partial charge on any atom is 0.0454 e. The quantitative estimate of drug-likeness (QED) is 0.793. The van der Waals surface area contributed by atoms with Crippen LogP contribution in [0.4, 0.5) is 0 Å². The Kier molecular flexibility index (Phi) is 5.72. The summed E-state index contributed by atoms with van der Waals surface area (Å²) in [5, 5.41) is 4.25. The van der Waals surface area contributed by atoms with Gasteiger partial charge in [0.2, 0.25) is 0 Å². The third kappa shape index (κ3) is 5.12. The van der Waals surface area contributed by atoms with Crippen LogP contribution < -0.4 is 5.32 Å². The third-order valence-corrected chi connectivity index (χ3v) is 2.84. The molecule has 2 heteroatoms. The summed E-state index contributed by atoms with van der Waals surface area (Å²) in [5.41, 5.74) is 1.18. The van der Waals surface area contributed by atoms with Gasteiger partial charge >= 0.3 is 0 Å². The number of rotatable bonds is 4. The fraction of sp³-hybridized carbons (Fsp3) is 0.500. The normalized spacial score (nSPS) is 12.7. The van der Waals surface area contributed by atoms with Crippen LogP contribution >= 0.6 is 11.6 Å². The highest BCUT2D eigenvalue weighted by Gasteiger charge is 2.12. The highest BCUT2D eigenvalue weighted by Crippen LogP contribution is 2.24. The summed E-state index contributed by atoms with van der Waals surface area (Å²) >= 11 is 6.24. The standard InChI is InChI=1S/C16H22ClN/c1-5-18-15(11-8-12-16(2,3)4)13-9-6-7-10-14(13)17/h6-7,9-10,15,18H,5,11H2,1-4H3. The zero-order valence-corrected chi connectivity index (χ0v) is 12.4. The van der Waals surface area contributed by atoms with Gasteiger partial charge in [-0.05, 0) is 38.9 Å². The lowest BCUT2D eigenvalue weighted by Gasteiger charge is -2.17. The van der Waals surface area contributed by atoms with Crippen molar-refractivity contribution >= 4 is 11.6 Å². The number of hydrogen-bond acceptors (Lipinski definition) is 1. The van der Waals surface area contributed by atoms with Gasteiger partial charge in [-0.15, -0.1) is 5.92 Å². The zero-order chi connectivity index (χ0) is 13.6. The highest BCUT2D eigenvalue weighted by molar-refractivity contribution is 6.31. The van der Waals surface area contributed by atoms with Crippen LogP contribution in [0.3, 0.4) is 0 Å². The molecule has 1 atom stereocenters. The van der Waals surface area contributed by atoms with Crippen molar-refractivity contribution in [2.75, 3.05) is 6.54 Å². The number of halogens is 1. The second kappa shape index (κ2) is 6.83. The lowest BCUT2D eigenvalue weighted by Crippen LogP contribution is -2.20. The molecule has 0 amide bonds. The second-order valence-electron chi connectivity index (χ2n) is 5.39. The molecule has 0 saturated carbocycles. The van der Waals surface area contributed by atoms with Crippen molar-refractivity contribution in [3.63, 3.8) is 0 Å². The van der Waals surface area contributed by atoms with E-state index in [-0.39, 0.29) is 11.5 Å². The monoisotopic (exact) mass is 263 g/mol. The van der Waals surface area contributed by atoms with Gasteiger partial charge in [0.25, 0.3) is 0 Å². The van der Waals surface area contributed by atoms with E-state index >= 15 is 0 Å². The molecule has 98 valence electrons. The molecule has 18 heavy (non-hydrogen) atoms. The summed E-state index contributed by atoms with van der Waals surface area (Å²) in [6, 6.07) is 8.17. The summed E-state index contributed by atoms with van der Waals surface area (Å²) in [6.45, 7) is 9.38. The first-order valence-electron chi connectivity index (χ1n) is 6.42. The van der Waals surface area contributed by atoms with Gasteiger partial charge in [0.15, 0.2) is 0 Å². The largest absolute Gasteiger partial charge is 0.309 e. The van der Waals surface area contributed by atoms with Gasteiger partial charge < -0.3 is 5.32 Å². The minimum Gasteiger partial charge on any atom is -0.309 e. The molecule has 0 spiro atoms. The minimum atomic E-state index is 0.0528. The van der Waals surface area contributed by atoms with Gasteiger partial charge in [-0.2, -0.15) is 0 Å². The van der Waals surface area contributed by atoms with Gasteiger partial charge in [-0.25, -0.2) is 0 Å². The highest BCUT2D eigenvalue weighted by atomic mass is 35.5. The summed E-state index contributed by atoms with van der Waals surface area (Å²) < 4.78 is 0. The third-order valence-electron chi connectivity index (χ3n) is 2.50. The van der Waals surface area contributed by atoms with Crippen LogP contribution in [-0.4, -0.2) is 6.54 Å². The van der Waals surface area contributed by atoms with Crippen LogP contribution in [0.25, 0.3) is 0 Å². The average molecular weight is 264 g/mol. The molecule has 0 aliphatic carbocycles. The van der Waals surface area contributed by atoms with Gasteiger partial charge in [0, 0.05) is 22.9 Å². The molecule has 1 rings (SSSR count). The Morgan fingerprint density at radius 3 is 2.50 bits per heavy atom. The lowest BCUT2D eigenvalue weighted by atomic mass is 9.96. The molecular weight excluding hydrogens is 242 g/mol. The van der Waals surface area contributed by atoms with Crippen molar-refractivity contribution in [1.82, 2.24) is 5.32 Å². The zero-order valence-electron chi connectivity index (χ0n) is 11.7. The number of hydrogen-bond donors (Lipinski definition) is 1. The first kappa shape index (κ1) is 15.1. The van der Waals surface area contributed by atoms with E-state index in [4.69, 9.17) is 11.6 Å². The number of nitrogens with one attached hydrogen (secondary N) is 1. The van der Waals surface area contributed by atoms with Crippen molar-refractivity contribution < 1.29 is 0 Å². The summed E-state index contributed by atoms with van der Waals surface area (Å²) in [5.74, 6) is 6.53. The van der Waals surface area contributed by atoms with Crippen molar-refractivity contribution in [2.45, 2.75) is 40.2 Å². The van der Waals surface area contributed by atoms with Crippen LogP contribution in [0.1, 0.15) is 45.7 Å². The molecule has 0 bridgehead atoms. The lowest BCUT2D eigenvalue weighted by molar-refractivity contribution is 0.554. The van der Waals surface area contributed by atoms with E-state index in [9.17, 15) is 0 Å². The maximum absolute atomic E-state index is 6.24. The van der Waals surface area contributed by atoms with E-state index in [1.54, 1.807) is 0 Å². The summed E-state index contributed by atoms with van der Waals surface area (Å²) in [7, 11) is 0. The van der Waals surface area contributed by atoms with Crippen molar-refractivity contribution in [3.05, 3.63) is 34.9 Å². The molecule has 0 saturated heterocycles. The average Bonchev–Trinajstić information content (AvgIpc) is 2.27. The van der Waals surface area contributed by atoms with Crippen LogP contribution in [0.15, 0.2) is 24.3 Å². The Bertz CT molecular complexity index is 434. The van der Waals surface area contributed by atoms with Crippen LogP contribution in [0.2, 0.25) is 5.02 Å². The molecule has 1 aromatic carbocycles. The molecule has 1 nitrogen and oxygen atoms in total. The predicted octanol–water partition coefficient (Wildman–Crippen LogP) is 4.43. The van der Waals surface area contributed by atoms with E-state index in [2.05, 4.69) is 50.9 Å². The topological polar surface area (TPSA) is 12.0 Å². The van der Waals surface area contributed by atoms with Crippen LogP contribution in [-0.2, 0) is 0 Å². The second-order valence-corrected chi connectivity index (χ2v) is 5.79. The smallest absolute Gasteiger partial charge is 0.0454 e. The van der Waals surface area contributed by atoms with E-state index < -0.39 is 0 Å². The predicted molar refractivity (Wildman–Crippen MR) is 79.7 cm³/mol. The molecule has 0 heterocycles. The molecule has 1 N–H and O–H groups in total. The molecule has 0 aromatic heterocycles. The number of benzene rings is 1. The molecule has 0 radical (unpaired) electrons. The van der Waals surface area contributed by atoms with E-state index in [0.717, 1.165) is 23.6 Å². The van der Waals surface area contributed by atoms with Gasteiger partial charge in [-0.3, -0.25) is 0 Å². The maximum atomic E-state index is 6.24. The minimum absolute atomic E-state index is 0.0528. The summed E-state index contributed by atoms with van der Waals surface area (Å²) in [4.78, 5) is 0. The Morgan fingerprint density at radius 2 is 1.94 bits per heavy atom. The van der Waals surface area contributed by atoms with Gasteiger partial charge in [0.05, 0.1) is 0 Å². The van der Waals surface area contributed by atoms with Crippen molar-refractivity contribution in [3.8, 4) is 11.8 Å². The van der Waals surface area contributed by atoms with E-state index in [1.807, 2.05) is 18.2 Å². The Morgan fingerprint density at radius 1 is 1.28 bits per heavy atom.